The summed E-state index contributed by atoms with van der Waals surface area (Å²) in [4.78, 5) is 2.39. The van der Waals surface area contributed by atoms with E-state index >= 15 is 0 Å². The Balaban J connectivity index is 1.98. The van der Waals surface area contributed by atoms with E-state index in [1.807, 2.05) is 12.1 Å². The third kappa shape index (κ3) is 1.71. The van der Waals surface area contributed by atoms with Gasteiger partial charge in [0.05, 0.1) is 18.6 Å². The van der Waals surface area contributed by atoms with Gasteiger partial charge in [0, 0.05) is 18.0 Å². The summed E-state index contributed by atoms with van der Waals surface area (Å²) in [5.41, 5.74) is 2.47. The van der Waals surface area contributed by atoms with Gasteiger partial charge in [0.25, 0.3) is 0 Å². The van der Waals surface area contributed by atoms with Crippen LogP contribution in [0.15, 0.2) is 24.3 Å². The molecule has 3 aliphatic rings. The fourth-order valence-electron chi connectivity index (χ4n) is 4.28. The van der Waals surface area contributed by atoms with Crippen LogP contribution in [0, 0.1) is 0 Å². The van der Waals surface area contributed by atoms with Crippen molar-refractivity contribution >= 4 is 0 Å². The van der Waals surface area contributed by atoms with E-state index in [4.69, 9.17) is 9.47 Å². The fourth-order valence-corrected chi connectivity index (χ4v) is 4.28. The summed E-state index contributed by atoms with van der Waals surface area (Å²) >= 11 is 0. The van der Waals surface area contributed by atoms with Gasteiger partial charge in [-0.3, -0.25) is 4.90 Å². The second-order valence-corrected chi connectivity index (χ2v) is 6.78. The largest absolute Gasteiger partial charge is 0.493 e. The van der Waals surface area contributed by atoms with Gasteiger partial charge in [-0.2, -0.15) is 0 Å². The van der Waals surface area contributed by atoms with Crippen molar-refractivity contribution in [1.82, 2.24) is 4.90 Å². The zero-order valence-corrected chi connectivity index (χ0v) is 13.4. The van der Waals surface area contributed by atoms with Crippen molar-refractivity contribution in [3.05, 3.63) is 35.4 Å². The Labute approximate surface area is 131 Å². The highest BCUT2D eigenvalue weighted by Gasteiger charge is 2.53. The molecule has 22 heavy (non-hydrogen) atoms. The first-order valence-corrected chi connectivity index (χ1v) is 8.02. The van der Waals surface area contributed by atoms with E-state index in [0.717, 1.165) is 24.5 Å². The van der Waals surface area contributed by atoms with Crippen molar-refractivity contribution in [2.45, 2.75) is 43.4 Å². The Bertz CT molecular complexity index is 641. The number of ether oxygens (including phenoxy) is 2. The van der Waals surface area contributed by atoms with Gasteiger partial charge in [0.1, 0.15) is 6.10 Å². The molecule has 1 aliphatic carbocycles. The molecule has 4 atom stereocenters. The normalized spacial score (nSPS) is 36.3. The van der Waals surface area contributed by atoms with Crippen LogP contribution in [-0.4, -0.2) is 42.9 Å². The average molecular weight is 301 g/mol. The van der Waals surface area contributed by atoms with Gasteiger partial charge in [0.2, 0.25) is 0 Å². The van der Waals surface area contributed by atoms with Gasteiger partial charge in [-0.15, -0.1) is 0 Å². The highest BCUT2D eigenvalue weighted by atomic mass is 16.5. The molecular formula is C18H23NO3. The third-order valence-electron chi connectivity index (χ3n) is 5.73. The number of methoxy groups -OCH3 is 1. The van der Waals surface area contributed by atoms with E-state index in [9.17, 15) is 5.11 Å². The number of aliphatic hydroxyl groups excluding tert-OH is 1. The van der Waals surface area contributed by atoms with Crippen LogP contribution >= 0.6 is 0 Å². The van der Waals surface area contributed by atoms with E-state index in [2.05, 4.69) is 31.0 Å². The molecule has 1 aromatic carbocycles. The van der Waals surface area contributed by atoms with Gasteiger partial charge in [-0.1, -0.05) is 18.2 Å². The standard InChI is InChI=1S/C18H23NO3/c1-11-13-4-5-14(21-3)17-16(13)18(8-9-19(11)2)7-6-12(20)10-15(18)22-17/h4-7,11-12,15,20H,8-10H2,1-3H3/t11?,12-,15+,18+/m1/s1. The maximum atomic E-state index is 10.0. The van der Waals surface area contributed by atoms with Gasteiger partial charge in [0.15, 0.2) is 11.5 Å². The first kappa shape index (κ1) is 14.1. The molecule has 0 radical (unpaired) electrons. The molecule has 2 heterocycles. The van der Waals surface area contributed by atoms with E-state index in [0.29, 0.717) is 12.5 Å². The van der Waals surface area contributed by atoms with Crippen LogP contribution in [0.4, 0.5) is 0 Å². The SMILES string of the molecule is COc1ccc2c3c1O[C@H]1C[C@H](O)C=C[C@@]31CCN(C)C2C. The molecular weight excluding hydrogens is 278 g/mol. The molecule has 1 unspecified atom stereocenters. The topological polar surface area (TPSA) is 41.9 Å². The summed E-state index contributed by atoms with van der Waals surface area (Å²) in [5.74, 6) is 1.68. The lowest BCUT2D eigenvalue weighted by Crippen LogP contribution is -2.42. The van der Waals surface area contributed by atoms with Crippen LogP contribution in [0.2, 0.25) is 0 Å². The molecule has 4 heteroatoms. The van der Waals surface area contributed by atoms with Crippen LogP contribution in [0.3, 0.4) is 0 Å². The Morgan fingerprint density at radius 1 is 1.41 bits per heavy atom. The first-order valence-electron chi connectivity index (χ1n) is 8.02. The van der Waals surface area contributed by atoms with Gasteiger partial charge in [-0.25, -0.2) is 0 Å². The van der Waals surface area contributed by atoms with Gasteiger partial charge >= 0.3 is 0 Å². The Morgan fingerprint density at radius 2 is 2.23 bits per heavy atom. The number of aliphatic hydroxyl groups is 1. The smallest absolute Gasteiger partial charge is 0.166 e. The molecule has 0 amide bonds. The molecule has 1 N–H and O–H groups in total. The van der Waals surface area contributed by atoms with Crippen molar-refractivity contribution in [2.75, 3.05) is 20.7 Å². The molecule has 0 fully saturated rings. The molecule has 0 bridgehead atoms. The fraction of sp³-hybridized carbons (Fsp3) is 0.556. The molecule has 2 aliphatic heterocycles. The van der Waals surface area contributed by atoms with E-state index < -0.39 is 6.10 Å². The maximum absolute atomic E-state index is 10.0. The molecule has 118 valence electrons. The van der Waals surface area contributed by atoms with E-state index in [1.165, 1.54) is 11.1 Å². The average Bonchev–Trinajstić information content (AvgIpc) is 2.80. The summed E-state index contributed by atoms with van der Waals surface area (Å²) < 4.78 is 11.8. The van der Waals surface area contributed by atoms with Crippen LogP contribution in [-0.2, 0) is 5.41 Å². The summed E-state index contributed by atoms with van der Waals surface area (Å²) in [6, 6.07) is 4.53. The lowest BCUT2D eigenvalue weighted by atomic mass is 9.69. The molecule has 4 nitrogen and oxygen atoms in total. The molecule has 0 saturated carbocycles. The van der Waals surface area contributed by atoms with Crippen molar-refractivity contribution in [2.24, 2.45) is 0 Å². The van der Waals surface area contributed by atoms with Gasteiger partial charge in [-0.05, 0) is 38.6 Å². The second kappa shape index (κ2) is 4.74. The molecule has 0 saturated heterocycles. The lowest BCUT2D eigenvalue weighted by molar-refractivity contribution is 0.0813. The lowest BCUT2D eigenvalue weighted by Gasteiger charge is -2.35. The van der Waals surface area contributed by atoms with Crippen molar-refractivity contribution in [3.8, 4) is 11.5 Å². The van der Waals surface area contributed by atoms with Crippen LogP contribution < -0.4 is 9.47 Å². The molecule has 1 aromatic rings. The zero-order chi connectivity index (χ0) is 15.5. The predicted molar refractivity (Wildman–Crippen MR) is 84.5 cm³/mol. The Hall–Kier alpha value is -1.52. The third-order valence-corrected chi connectivity index (χ3v) is 5.73. The number of hydrogen-bond acceptors (Lipinski definition) is 4. The molecule has 1 spiro atoms. The highest BCUT2D eigenvalue weighted by molar-refractivity contribution is 5.61. The van der Waals surface area contributed by atoms with E-state index in [1.54, 1.807) is 7.11 Å². The highest BCUT2D eigenvalue weighted by Crippen LogP contribution is 2.57. The second-order valence-electron chi connectivity index (χ2n) is 6.78. The van der Waals surface area contributed by atoms with Crippen LogP contribution in [0.25, 0.3) is 0 Å². The van der Waals surface area contributed by atoms with Crippen molar-refractivity contribution in [1.29, 1.82) is 0 Å². The summed E-state index contributed by atoms with van der Waals surface area (Å²) in [6.07, 6.45) is 5.36. The van der Waals surface area contributed by atoms with E-state index in [-0.39, 0.29) is 11.5 Å². The predicted octanol–water partition coefficient (Wildman–Crippen LogP) is 2.41. The minimum Gasteiger partial charge on any atom is -0.493 e. The molecule has 0 aromatic heterocycles. The van der Waals surface area contributed by atoms with Crippen molar-refractivity contribution < 1.29 is 14.6 Å². The zero-order valence-electron chi connectivity index (χ0n) is 13.4. The van der Waals surface area contributed by atoms with Gasteiger partial charge < -0.3 is 14.6 Å². The van der Waals surface area contributed by atoms with Crippen LogP contribution in [0.1, 0.15) is 36.9 Å². The molecule has 4 rings (SSSR count). The number of rotatable bonds is 1. The minimum atomic E-state index is -0.419. The number of nitrogens with zero attached hydrogens (tertiary/aromatic N) is 1. The minimum absolute atomic E-state index is 0.00347. The quantitative estimate of drug-likeness (QED) is 0.809. The summed E-state index contributed by atoms with van der Waals surface area (Å²) in [6.45, 7) is 3.26. The number of benzene rings is 1. The number of hydrogen-bond donors (Lipinski definition) is 1. The summed E-state index contributed by atoms with van der Waals surface area (Å²) in [7, 11) is 3.86. The van der Waals surface area contributed by atoms with Crippen LogP contribution in [0.5, 0.6) is 11.5 Å². The Kier molecular flexibility index (Phi) is 3.03. The van der Waals surface area contributed by atoms with Crippen molar-refractivity contribution in [3.63, 3.8) is 0 Å². The maximum Gasteiger partial charge on any atom is 0.166 e. The summed E-state index contributed by atoms with van der Waals surface area (Å²) in [5, 5.41) is 10.0. The monoisotopic (exact) mass is 301 g/mol. The first-order chi connectivity index (χ1) is 10.6. The Morgan fingerprint density at radius 3 is 3.00 bits per heavy atom.